The average molecular weight is 209 g/mol. The molecule has 0 spiro atoms. The van der Waals surface area contributed by atoms with Gasteiger partial charge in [-0.05, 0) is 35.2 Å². The molecule has 0 fully saturated rings. The molecule has 16 heavy (non-hydrogen) atoms. The van der Waals surface area contributed by atoms with Crippen molar-refractivity contribution in [2.75, 3.05) is 5.32 Å². The van der Waals surface area contributed by atoms with Crippen molar-refractivity contribution in [1.29, 1.82) is 0 Å². The van der Waals surface area contributed by atoms with Crippen LogP contribution in [0.3, 0.4) is 0 Å². The summed E-state index contributed by atoms with van der Waals surface area (Å²) in [7, 11) is 0. The molecule has 0 amide bonds. The highest BCUT2D eigenvalue weighted by molar-refractivity contribution is 5.72. The van der Waals surface area contributed by atoms with Crippen LogP contribution in [-0.4, -0.2) is 0 Å². The highest BCUT2D eigenvalue weighted by Crippen LogP contribution is 2.34. The van der Waals surface area contributed by atoms with E-state index in [4.69, 9.17) is 0 Å². The molecule has 0 aliphatic carbocycles. The van der Waals surface area contributed by atoms with Gasteiger partial charge in [0.05, 0.1) is 0 Å². The molecular formula is C15H15N. The molecule has 1 heteroatoms. The molecule has 1 heterocycles. The number of fused-ring (bicyclic) bond motifs is 2. The van der Waals surface area contributed by atoms with E-state index in [0.29, 0.717) is 0 Å². The maximum atomic E-state index is 3.52. The third kappa shape index (κ3) is 1.40. The number of aryl methyl sites for hydroxylation is 1. The first-order valence-corrected chi connectivity index (χ1v) is 5.84. The molecule has 1 aliphatic heterocycles. The summed E-state index contributed by atoms with van der Waals surface area (Å²) in [6.07, 6.45) is 2.16. The lowest BCUT2D eigenvalue weighted by molar-refractivity contribution is 1.05. The van der Waals surface area contributed by atoms with Crippen molar-refractivity contribution < 1.29 is 0 Å². The molecule has 0 radical (unpaired) electrons. The molecular weight excluding hydrogens is 194 g/mol. The summed E-state index contributed by atoms with van der Waals surface area (Å²) in [6.45, 7) is 2.22. The SMILES string of the molecule is CCc1cccc2c1Cc1ccccc1N2. The van der Waals surface area contributed by atoms with Crippen molar-refractivity contribution in [3.8, 4) is 0 Å². The lowest BCUT2D eigenvalue weighted by atomic mass is 9.92. The Bertz CT molecular complexity index is 529. The van der Waals surface area contributed by atoms with Gasteiger partial charge in [0.2, 0.25) is 0 Å². The van der Waals surface area contributed by atoms with E-state index in [1.807, 2.05) is 0 Å². The van der Waals surface area contributed by atoms with E-state index < -0.39 is 0 Å². The van der Waals surface area contributed by atoms with Gasteiger partial charge in [-0.3, -0.25) is 0 Å². The molecule has 2 aromatic rings. The molecule has 0 atom stereocenters. The lowest BCUT2D eigenvalue weighted by Gasteiger charge is -2.23. The van der Waals surface area contributed by atoms with Gasteiger partial charge in [-0.2, -0.15) is 0 Å². The summed E-state index contributed by atoms with van der Waals surface area (Å²) < 4.78 is 0. The van der Waals surface area contributed by atoms with E-state index in [0.717, 1.165) is 12.8 Å². The second-order valence-electron chi connectivity index (χ2n) is 4.26. The summed E-state index contributed by atoms with van der Waals surface area (Å²) in [4.78, 5) is 0. The van der Waals surface area contributed by atoms with Crippen LogP contribution in [0.25, 0.3) is 0 Å². The van der Waals surface area contributed by atoms with Gasteiger partial charge in [0, 0.05) is 17.8 Å². The third-order valence-electron chi connectivity index (χ3n) is 3.31. The van der Waals surface area contributed by atoms with Crippen LogP contribution in [0.1, 0.15) is 23.6 Å². The van der Waals surface area contributed by atoms with Crippen molar-refractivity contribution >= 4 is 11.4 Å². The van der Waals surface area contributed by atoms with Crippen LogP contribution in [0, 0.1) is 0 Å². The number of anilines is 2. The van der Waals surface area contributed by atoms with Gasteiger partial charge < -0.3 is 5.32 Å². The van der Waals surface area contributed by atoms with Crippen LogP contribution in [-0.2, 0) is 12.8 Å². The Labute approximate surface area is 96.1 Å². The molecule has 1 nitrogen and oxygen atoms in total. The van der Waals surface area contributed by atoms with Crippen molar-refractivity contribution in [3.63, 3.8) is 0 Å². The fourth-order valence-corrected chi connectivity index (χ4v) is 2.42. The van der Waals surface area contributed by atoms with E-state index >= 15 is 0 Å². The Morgan fingerprint density at radius 2 is 1.81 bits per heavy atom. The highest BCUT2D eigenvalue weighted by Gasteiger charge is 2.15. The summed E-state index contributed by atoms with van der Waals surface area (Å²) >= 11 is 0. The molecule has 3 rings (SSSR count). The molecule has 2 aromatic carbocycles. The van der Waals surface area contributed by atoms with E-state index in [-0.39, 0.29) is 0 Å². The fraction of sp³-hybridized carbons (Fsp3) is 0.200. The van der Waals surface area contributed by atoms with Crippen molar-refractivity contribution in [3.05, 3.63) is 59.2 Å². The second kappa shape index (κ2) is 3.67. The van der Waals surface area contributed by atoms with Gasteiger partial charge in [0.1, 0.15) is 0 Å². The summed E-state index contributed by atoms with van der Waals surface area (Å²) in [6, 6.07) is 15.1. The predicted molar refractivity (Wildman–Crippen MR) is 68.4 cm³/mol. The largest absolute Gasteiger partial charge is 0.355 e. The number of rotatable bonds is 1. The maximum Gasteiger partial charge on any atom is 0.0423 e. The number of hydrogen-bond donors (Lipinski definition) is 1. The first-order valence-electron chi connectivity index (χ1n) is 5.84. The van der Waals surface area contributed by atoms with Gasteiger partial charge in [0.25, 0.3) is 0 Å². The third-order valence-corrected chi connectivity index (χ3v) is 3.31. The molecule has 1 N–H and O–H groups in total. The number of nitrogens with one attached hydrogen (secondary N) is 1. The minimum absolute atomic E-state index is 1.06. The molecule has 80 valence electrons. The van der Waals surface area contributed by atoms with Gasteiger partial charge in [-0.15, -0.1) is 0 Å². The van der Waals surface area contributed by atoms with Gasteiger partial charge >= 0.3 is 0 Å². The predicted octanol–water partition coefficient (Wildman–Crippen LogP) is 3.90. The standard InChI is InChI=1S/C15H15N/c1-2-11-7-5-9-15-13(11)10-12-6-3-4-8-14(12)16-15/h3-9,16H,2,10H2,1H3. The van der Waals surface area contributed by atoms with E-state index in [1.165, 1.54) is 28.1 Å². The smallest absolute Gasteiger partial charge is 0.0423 e. The van der Waals surface area contributed by atoms with Crippen molar-refractivity contribution in [1.82, 2.24) is 0 Å². The van der Waals surface area contributed by atoms with E-state index in [2.05, 4.69) is 54.7 Å². The summed E-state index contributed by atoms with van der Waals surface area (Å²) in [5, 5.41) is 3.52. The maximum absolute atomic E-state index is 3.52. The van der Waals surface area contributed by atoms with Crippen LogP contribution in [0.15, 0.2) is 42.5 Å². The second-order valence-corrected chi connectivity index (χ2v) is 4.26. The van der Waals surface area contributed by atoms with E-state index in [9.17, 15) is 0 Å². The Kier molecular flexibility index (Phi) is 2.17. The van der Waals surface area contributed by atoms with Crippen LogP contribution in [0.5, 0.6) is 0 Å². The zero-order valence-electron chi connectivity index (χ0n) is 9.46. The van der Waals surface area contributed by atoms with Gasteiger partial charge in [-0.1, -0.05) is 37.3 Å². The first-order chi connectivity index (χ1) is 7.88. The average Bonchev–Trinajstić information content (AvgIpc) is 2.35. The lowest BCUT2D eigenvalue weighted by Crippen LogP contribution is -2.08. The highest BCUT2D eigenvalue weighted by atomic mass is 14.9. The summed E-state index contributed by atoms with van der Waals surface area (Å²) in [5.41, 5.74) is 6.85. The van der Waals surface area contributed by atoms with Crippen LogP contribution in [0.4, 0.5) is 11.4 Å². The van der Waals surface area contributed by atoms with Crippen LogP contribution >= 0.6 is 0 Å². The minimum atomic E-state index is 1.06. The molecule has 1 aliphatic rings. The Morgan fingerprint density at radius 3 is 2.69 bits per heavy atom. The van der Waals surface area contributed by atoms with Gasteiger partial charge in [-0.25, -0.2) is 0 Å². The Hall–Kier alpha value is -1.76. The topological polar surface area (TPSA) is 12.0 Å². The molecule has 0 saturated heterocycles. The minimum Gasteiger partial charge on any atom is -0.355 e. The van der Waals surface area contributed by atoms with Crippen LogP contribution < -0.4 is 5.32 Å². The first kappa shape index (κ1) is 9.46. The molecule has 0 bridgehead atoms. The quantitative estimate of drug-likeness (QED) is 0.641. The molecule has 0 saturated carbocycles. The number of benzene rings is 2. The normalized spacial score (nSPS) is 12.6. The zero-order chi connectivity index (χ0) is 11.0. The van der Waals surface area contributed by atoms with Crippen molar-refractivity contribution in [2.45, 2.75) is 19.8 Å². The number of hydrogen-bond acceptors (Lipinski definition) is 1. The monoisotopic (exact) mass is 209 g/mol. The zero-order valence-corrected chi connectivity index (χ0v) is 9.46. The van der Waals surface area contributed by atoms with Crippen molar-refractivity contribution in [2.24, 2.45) is 0 Å². The molecule has 0 aromatic heterocycles. The molecule has 0 unspecified atom stereocenters. The number of para-hydroxylation sites is 1. The Morgan fingerprint density at radius 1 is 1.00 bits per heavy atom. The Balaban J connectivity index is 2.12. The van der Waals surface area contributed by atoms with Crippen LogP contribution in [0.2, 0.25) is 0 Å². The summed E-state index contributed by atoms with van der Waals surface area (Å²) in [5.74, 6) is 0. The van der Waals surface area contributed by atoms with E-state index in [1.54, 1.807) is 0 Å². The van der Waals surface area contributed by atoms with Gasteiger partial charge in [0.15, 0.2) is 0 Å². The fourth-order valence-electron chi connectivity index (χ4n) is 2.42.